The van der Waals surface area contributed by atoms with Crippen molar-refractivity contribution >= 4 is 22.7 Å². The van der Waals surface area contributed by atoms with Gasteiger partial charge in [-0.25, -0.2) is 5.01 Å². The summed E-state index contributed by atoms with van der Waals surface area (Å²) >= 11 is 0. The Morgan fingerprint density at radius 3 is 2.83 bits per heavy atom. The van der Waals surface area contributed by atoms with E-state index in [2.05, 4.69) is 15.1 Å². The van der Waals surface area contributed by atoms with Gasteiger partial charge >= 0.3 is 0 Å². The molecule has 6 heteroatoms. The van der Waals surface area contributed by atoms with Gasteiger partial charge < -0.3 is 4.42 Å². The van der Waals surface area contributed by atoms with Crippen molar-refractivity contribution < 1.29 is 9.21 Å². The van der Waals surface area contributed by atoms with Crippen LogP contribution in [0.5, 0.6) is 0 Å². The lowest BCUT2D eigenvalue weighted by molar-refractivity contribution is -0.132. The Morgan fingerprint density at radius 1 is 1.25 bits per heavy atom. The quantitative estimate of drug-likeness (QED) is 0.742. The molecule has 4 rings (SSSR count). The molecule has 0 spiro atoms. The molecule has 120 valence electrons. The zero-order valence-electron chi connectivity index (χ0n) is 13.2. The highest BCUT2D eigenvalue weighted by Gasteiger charge is 2.33. The van der Waals surface area contributed by atoms with Crippen LogP contribution in [0.2, 0.25) is 0 Å². The van der Waals surface area contributed by atoms with Crippen LogP contribution in [0, 0.1) is 0 Å². The number of hydrogen-bond acceptors (Lipinski definition) is 5. The van der Waals surface area contributed by atoms with Gasteiger partial charge in [-0.15, -0.1) is 0 Å². The molecule has 0 unspecified atom stereocenters. The van der Waals surface area contributed by atoms with Gasteiger partial charge in [-0.2, -0.15) is 5.10 Å². The van der Waals surface area contributed by atoms with Gasteiger partial charge in [0.2, 0.25) is 5.91 Å². The molecule has 1 amide bonds. The fraction of sp³-hybridized carbons (Fsp3) is 0.222. The molecule has 1 aromatic carbocycles. The molecule has 6 nitrogen and oxygen atoms in total. The summed E-state index contributed by atoms with van der Waals surface area (Å²) < 4.78 is 5.44. The van der Waals surface area contributed by atoms with Gasteiger partial charge in [-0.3, -0.25) is 14.8 Å². The van der Waals surface area contributed by atoms with Crippen molar-refractivity contribution in [1.29, 1.82) is 0 Å². The highest BCUT2D eigenvalue weighted by Crippen LogP contribution is 2.34. The molecule has 1 aliphatic heterocycles. The number of carbonyl (C=O) groups excluding carboxylic acids is 1. The van der Waals surface area contributed by atoms with E-state index in [9.17, 15) is 4.79 Å². The van der Waals surface area contributed by atoms with Gasteiger partial charge in [0.1, 0.15) is 11.5 Å². The highest BCUT2D eigenvalue weighted by molar-refractivity contribution is 6.01. The Morgan fingerprint density at radius 2 is 2.08 bits per heavy atom. The molecule has 0 N–H and O–H groups in total. The summed E-state index contributed by atoms with van der Waals surface area (Å²) in [7, 11) is 0. The van der Waals surface area contributed by atoms with Crippen molar-refractivity contribution in [1.82, 2.24) is 15.0 Å². The zero-order chi connectivity index (χ0) is 16.5. The number of hydrazone groups is 1. The van der Waals surface area contributed by atoms with Gasteiger partial charge in [0, 0.05) is 25.2 Å². The third-order valence-corrected chi connectivity index (χ3v) is 4.15. The average molecular weight is 320 g/mol. The summed E-state index contributed by atoms with van der Waals surface area (Å²) in [5, 5.41) is 6.07. The minimum absolute atomic E-state index is 0.0131. The highest BCUT2D eigenvalue weighted by atomic mass is 16.3. The van der Waals surface area contributed by atoms with Gasteiger partial charge in [-0.05, 0) is 29.8 Å². The maximum Gasteiger partial charge on any atom is 0.242 e. The molecule has 1 aliphatic rings. The predicted octanol–water partition coefficient (Wildman–Crippen LogP) is 3.31. The molecule has 1 atom stereocenters. The van der Waals surface area contributed by atoms with Gasteiger partial charge in [0.25, 0.3) is 0 Å². The van der Waals surface area contributed by atoms with E-state index in [1.165, 1.54) is 0 Å². The number of furan rings is 1. The van der Waals surface area contributed by atoms with Crippen molar-refractivity contribution in [3.8, 4) is 0 Å². The summed E-state index contributed by atoms with van der Waals surface area (Å²) in [6.45, 7) is 1.84. The lowest BCUT2D eigenvalue weighted by Crippen LogP contribution is -2.26. The summed E-state index contributed by atoms with van der Waals surface area (Å²) in [6, 6.07) is 9.42. The number of amides is 1. The third kappa shape index (κ3) is 2.46. The molecule has 24 heavy (non-hydrogen) atoms. The molecule has 0 bridgehead atoms. The normalized spacial score (nSPS) is 17.3. The topological polar surface area (TPSA) is 71.6 Å². The van der Waals surface area contributed by atoms with Crippen LogP contribution in [-0.4, -0.2) is 26.6 Å². The Kier molecular flexibility index (Phi) is 3.57. The van der Waals surface area contributed by atoms with Gasteiger partial charge in [0.05, 0.1) is 23.3 Å². The number of benzene rings is 1. The van der Waals surface area contributed by atoms with Crippen molar-refractivity contribution in [2.45, 2.75) is 25.8 Å². The molecule has 2 aromatic heterocycles. The summed E-state index contributed by atoms with van der Waals surface area (Å²) in [6.07, 6.45) is 5.97. The van der Waals surface area contributed by atoms with E-state index in [0.717, 1.165) is 22.3 Å². The van der Waals surface area contributed by atoms with Gasteiger partial charge in [0.15, 0.2) is 0 Å². The molecular formula is C18H16N4O2. The lowest BCUT2D eigenvalue weighted by Gasteiger charge is -2.21. The number of carbonyl (C=O) groups is 1. The van der Waals surface area contributed by atoms with Crippen molar-refractivity contribution in [3.63, 3.8) is 0 Å². The number of aromatic nitrogens is 2. The first-order valence-electron chi connectivity index (χ1n) is 7.90. The van der Waals surface area contributed by atoms with Crippen LogP contribution in [0.1, 0.15) is 37.1 Å². The van der Waals surface area contributed by atoms with Crippen LogP contribution in [0.25, 0.3) is 11.0 Å². The Bertz CT molecular complexity index is 918. The molecule has 0 saturated carbocycles. The second-order valence-corrected chi connectivity index (χ2v) is 5.64. The van der Waals surface area contributed by atoms with Crippen LogP contribution < -0.4 is 0 Å². The first-order chi connectivity index (χ1) is 11.8. The minimum Gasteiger partial charge on any atom is -0.463 e. The van der Waals surface area contributed by atoms with E-state index >= 15 is 0 Å². The van der Waals surface area contributed by atoms with Crippen LogP contribution in [-0.2, 0) is 4.79 Å². The number of nitrogens with zero attached hydrogens (tertiary/aromatic N) is 4. The van der Waals surface area contributed by atoms with Crippen LogP contribution >= 0.6 is 0 Å². The molecule has 0 fully saturated rings. The first-order valence-corrected chi connectivity index (χ1v) is 7.90. The predicted molar refractivity (Wildman–Crippen MR) is 89.3 cm³/mol. The molecule has 0 radical (unpaired) electrons. The van der Waals surface area contributed by atoms with E-state index in [4.69, 9.17) is 4.42 Å². The largest absolute Gasteiger partial charge is 0.463 e. The smallest absolute Gasteiger partial charge is 0.242 e. The SMILES string of the molecule is CCC(=O)N1N=C(c2ccco2)C[C@@H]1c1ccc2nccnc2c1. The molecule has 0 saturated heterocycles. The maximum atomic E-state index is 12.3. The van der Waals surface area contributed by atoms with Crippen LogP contribution in [0.3, 0.4) is 0 Å². The summed E-state index contributed by atoms with van der Waals surface area (Å²) in [4.78, 5) is 21.0. The van der Waals surface area contributed by atoms with E-state index in [-0.39, 0.29) is 11.9 Å². The van der Waals surface area contributed by atoms with Crippen molar-refractivity contribution in [2.24, 2.45) is 5.10 Å². The second-order valence-electron chi connectivity index (χ2n) is 5.64. The standard InChI is InChI=1S/C18H16N4O2/c1-2-18(23)22-16(11-15(21-22)17-4-3-9-24-17)12-5-6-13-14(10-12)20-8-7-19-13/h3-10,16H,2,11H2,1H3/t16-/m1/s1. The van der Waals surface area contributed by atoms with Crippen molar-refractivity contribution in [3.05, 3.63) is 60.3 Å². The van der Waals surface area contributed by atoms with Crippen molar-refractivity contribution in [2.75, 3.05) is 0 Å². The Balaban J connectivity index is 1.73. The summed E-state index contributed by atoms with van der Waals surface area (Å²) in [5.74, 6) is 0.688. The lowest BCUT2D eigenvalue weighted by atomic mass is 10.00. The van der Waals surface area contributed by atoms with Crippen LogP contribution in [0.15, 0.2) is 58.5 Å². The Hall–Kier alpha value is -3.02. The molecule has 3 heterocycles. The number of fused-ring (bicyclic) bond motifs is 1. The third-order valence-electron chi connectivity index (χ3n) is 4.15. The number of rotatable bonds is 3. The van der Waals surface area contributed by atoms with Gasteiger partial charge in [-0.1, -0.05) is 13.0 Å². The maximum absolute atomic E-state index is 12.3. The van der Waals surface area contributed by atoms with E-state index < -0.39 is 0 Å². The summed E-state index contributed by atoms with van der Waals surface area (Å²) in [5.41, 5.74) is 3.42. The molecule has 3 aromatic rings. The molecular weight excluding hydrogens is 304 g/mol. The second kappa shape index (κ2) is 5.88. The Labute approximate surface area is 138 Å². The fourth-order valence-corrected chi connectivity index (χ4v) is 2.94. The fourth-order valence-electron chi connectivity index (χ4n) is 2.94. The number of hydrogen-bond donors (Lipinski definition) is 0. The van der Waals surface area contributed by atoms with Crippen LogP contribution in [0.4, 0.5) is 0 Å². The monoisotopic (exact) mass is 320 g/mol. The van der Waals surface area contributed by atoms with E-state index in [0.29, 0.717) is 18.6 Å². The van der Waals surface area contributed by atoms with E-state index in [1.54, 1.807) is 23.7 Å². The zero-order valence-corrected chi connectivity index (χ0v) is 13.2. The van der Waals surface area contributed by atoms with E-state index in [1.807, 2.05) is 37.3 Å². The average Bonchev–Trinajstić information content (AvgIpc) is 3.30. The minimum atomic E-state index is -0.149. The molecule has 0 aliphatic carbocycles. The first kappa shape index (κ1) is 14.6.